The Bertz CT molecular complexity index is 768. The standard InChI is InChI=1S/C12H18N6O3/c1-17-9-8(10(19)18(2)12(17)20)15-11(16-9)14-5-7-6-21-4-3-13-7/h7,13H,3-6H2,1-2H3,(H2,14,15,16). The molecule has 3 heterocycles. The lowest BCUT2D eigenvalue weighted by Gasteiger charge is -2.23. The van der Waals surface area contributed by atoms with Crippen molar-refractivity contribution >= 4 is 17.1 Å². The van der Waals surface area contributed by atoms with E-state index < -0.39 is 5.69 Å². The summed E-state index contributed by atoms with van der Waals surface area (Å²) in [6, 6.07) is 0.193. The van der Waals surface area contributed by atoms with Crippen LogP contribution in [0.1, 0.15) is 0 Å². The van der Waals surface area contributed by atoms with Crippen molar-refractivity contribution < 1.29 is 4.74 Å². The van der Waals surface area contributed by atoms with E-state index in [-0.39, 0.29) is 11.6 Å². The fourth-order valence-electron chi connectivity index (χ4n) is 2.38. The van der Waals surface area contributed by atoms with Gasteiger partial charge in [-0.05, 0) is 0 Å². The lowest BCUT2D eigenvalue weighted by Crippen LogP contribution is -2.45. The molecule has 114 valence electrons. The normalized spacial score (nSPS) is 19.0. The molecule has 9 nitrogen and oxygen atoms in total. The first-order valence-corrected chi connectivity index (χ1v) is 6.78. The highest BCUT2D eigenvalue weighted by atomic mass is 16.5. The Kier molecular flexibility index (Phi) is 3.52. The number of aromatic nitrogens is 4. The van der Waals surface area contributed by atoms with E-state index in [1.54, 1.807) is 7.05 Å². The number of rotatable bonds is 3. The average Bonchev–Trinajstić information content (AvgIpc) is 2.94. The van der Waals surface area contributed by atoms with Gasteiger partial charge in [0.05, 0.1) is 13.2 Å². The predicted molar refractivity (Wildman–Crippen MR) is 77.7 cm³/mol. The van der Waals surface area contributed by atoms with Crippen LogP contribution in [0, 0.1) is 0 Å². The second kappa shape index (κ2) is 5.34. The Balaban J connectivity index is 1.87. The number of imidazole rings is 1. The van der Waals surface area contributed by atoms with E-state index in [0.717, 1.165) is 17.7 Å². The molecule has 0 radical (unpaired) electrons. The van der Waals surface area contributed by atoms with Crippen molar-refractivity contribution in [3.8, 4) is 0 Å². The Morgan fingerprint density at radius 1 is 1.38 bits per heavy atom. The van der Waals surface area contributed by atoms with Gasteiger partial charge in [-0.2, -0.15) is 4.98 Å². The third-order valence-electron chi connectivity index (χ3n) is 3.61. The largest absolute Gasteiger partial charge is 0.378 e. The number of fused-ring (bicyclic) bond motifs is 1. The highest BCUT2D eigenvalue weighted by molar-refractivity contribution is 5.72. The van der Waals surface area contributed by atoms with Crippen LogP contribution in [0.15, 0.2) is 9.59 Å². The molecule has 9 heteroatoms. The minimum atomic E-state index is -0.395. The van der Waals surface area contributed by atoms with Gasteiger partial charge < -0.3 is 20.4 Å². The van der Waals surface area contributed by atoms with Gasteiger partial charge in [-0.3, -0.25) is 13.9 Å². The van der Waals surface area contributed by atoms with E-state index in [1.165, 1.54) is 11.6 Å². The van der Waals surface area contributed by atoms with E-state index >= 15 is 0 Å². The number of nitrogens with one attached hydrogen (secondary N) is 3. The Hall–Kier alpha value is -2.13. The molecule has 0 amide bonds. The fraction of sp³-hybridized carbons (Fsp3) is 0.583. The van der Waals surface area contributed by atoms with Gasteiger partial charge >= 0.3 is 5.69 Å². The molecule has 0 aromatic carbocycles. The van der Waals surface area contributed by atoms with Crippen LogP contribution in [-0.4, -0.2) is 51.4 Å². The maximum atomic E-state index is 12.0. The minimum absolute atomic E-state index is 0.193. The van der Waals surface area contributed by atoms with E-state index in [9.17, 15) is 9.59 Å². The molecule has 1 fully saturated rings. The molecule has 0 bridgehead atoms. The summed E-state index contributed by atoms with van der Waals surface area (Å²) in [5.74, 6) is 0.468. The van der Waals surface area contributed by atoms with Crippen LogP contribution in [0.5, 0.6) is 0 Å². The molecule has 21 heavy (non-hydrogen) atoms. The van der Waals surface area contributed by atoms with Gasteiger partial charge in [0.2, 0.25) is 5.95 Å². The van der Waals surface area contributed by atoms with Crippen molar-refractivity contribution in [3.05, 3.63) is 20.8 Å². The summed E-state index contributed by atoms with van der Waals surface area (Å²) < 4.78 is 7.77. The van der Waals surface area contributed by atoms with Crippen molar-refractivity contribution in [2.24, 2.45) is 14.1 Å². The predicted octanol–water partition coefficient (Wildman–Crippen LogP) is -1.64. The topological polar surface area (TPSA) is 106 Å². The smallest absolute Gasteiger partial charge is 0.332 e. The van der Waals surface area contributed by atoms with Crippen molar-refractivity contribution in [1.82, 2.24) is 24.4 Å². The van der Waals surface area contributed by atoms with Gasteiger partial charge in [0.25, 0.3) is 5.56 Å². The first kappa shape index (κ1) is 13.8. The van der Waals surface area contributed by atoms with Gasteiger partial charge in [0.1, 0.15) is 0 Å². The lowest BCUT2D eigenvalue weighted by molar-refractivity contribution is 0.0806. The van der Waals surface area contributed by atoms with Crippen LogP contribution in [0.25, 0.3) is 11.2 Å². The van der Waals surface area contributed by atoms with E-state index in [4.69, 9.17) is 4.74 Å². The number of anilines is 1. The molecular weight excluding hydrogens is 276 g/mol. The van der Waals surface area contributed by atoms with E-state index in [2.05, 4.69) is 20.6 Å². The van der Waals surface area contributed by atoms with Crippen LogP contribution in [0.3, 0.4) is 0 Å². The van der Waals surface area contributed by atoms with Crippen molar-refractivity contribution in [3.63, 3.8) is 0 Å². The summed E-state index contributed by atoms with van der Waals surface area (Å²) in [7, 11) is 3.03. The zero-order valence-electron chi connectivity index (χ0n) is 12.0. The summed E-state index contributed by atoms with van der Waals surface area (Å²) in [5, 5.41) is 6.44. The molecule has 0 aliphatic carbocycles. The Morgan fingerprint density at radius 3 is 2.90 bits per heavy atom. The highest BCUT2D eigenvalue weighted by Crippen LogP contribution is 2.08. The molecule has 2 aromatic heterocycles. The van der Waals surface area contributed by atoms with Crippen LogP contribution < -0.4 is 21.9 Å². The average molecular weight is 294 g/mol. The molecule has 3 N–H and O–H groups in total. The third kappa shape index (κ3) is 2.45. The van der Waals surface area contributed by atoms with Crippen molar-refractivity contribution in [2.45, 2.75) is 6.04 Å². The van der Waals surface area contributed by atoms with E-state index in [1.807, 2.05) is 0 Å². The molecule has 2 aromatic rings. The molecule has 1 unspecified atom stereocenters. The number of hydrogen-bond donors (Lipinski definition) is 3. The number of hydrogen-bond acceptors (Lipinski definition) is 6. The molecule has 1 atom stereocenters. The molecule has 0 spiro atoms. The molecular formula is C12H18N6O3. The number of morpholine rings is 1. The highest BCUT2D eigenvalue weighted by Gasteiger charge is 2.16. The summed E-state index contributed by atoms with van der Waals surface area (Å²) in [4.78, 5) is 31.1. The molecule has 3 rings (SSSR count). The number of nitrogens with zero attached hydrogens (tertiary/aromatic N) is 3. The molecule has 1 saturated heterocycles. The van der Waals surface area contributed by atoms with Crippen LogP contribution in [-0.2, 0) is 18.8 Å². The second-order valence-electron chi connectivity index (χ2n) is 5.10. The zero-order chi connectivity index (χ0) is 15.0. The van der Waals surface area contributed by atoms with Gasteiger partial charge in [-0.25, -0.2) is 4.79 Å². The summed E-state index contributed by atoms with van der Waals surface area (Å²) in [5.41, 5.74) is -0.117. The maximum absolute atomic E-state index is 12.0. The summed E-state index contributed by atoms with van der Waals surface area (Å²) in [6.45, 7) is 2.79. The first-order chi connectivity index (χ1) is 10.1. The van der Waals surface area contributed by atoms with Gasteiger partial charge in [-0.15, -0.1) is 0 Å². The Labute approximate surface area is 119 Å². The van der Waals surface area contributed by atoms with Crippen LogP contribution in [0.2, 0.25) is 0 Å². The lowest BCUT2D eigenvalue weighted by atomic mass is 10.3. The molecule has 1 aliphatic heterocycles. The summed E-state index contributed by atoms with van der Waals surface area (Å²) >= 11 is 0. The monoisotopic (exact) mass is 294 g/mol. The van der Waals surface area contributed by atoms with Gasteiger partial charge in [0.15, 0.2) is 11.2 Å². The van der Waals surface area contributed by atoms with E-state index in [0.29, 0.717) is 30.3 Å². The molecule has 1 aliphatic rings. The van der Waals surface area contributed by atoms with Gasteiger partial charge in [-0.1, -0.05) is 0 Å². The summed E-state index contributed by atoms with van der Waals surface area (Å²) in [6.07, 6.45) is 0. The van der Waals surface area contributed by atoms with Crippen molar-refractivity contribution in [1.29, 1.82) is 0 Å². The van der Waals surface area contributed by atoms with Crippen LogP contribution >= 0.6 is 0 Å². The number of ether oxygens (including phenoxy) is 1. The van der Waals surface area contributed by atoms with Crippen LogP contribution in [0.4, 0.5) is 5.95 Å². The first-order valence-electron chi connectivity index (χ1n) is 6.78. The third-order valence-corrected chi connectivity index (χ3v) is 3.61. The SMILES string of the molecule is Cn1c(=O)c2[nH]c(NCC3COCCN3)nc2n(C)c1=O. The van der Waals surface area contributed by atoms with Gasteiger partial charge in [0, 0.05) is 33.2 Å². The maximum Gasteiger partial charge on any atom is 0.332 e. The number of H-pyrrole nitrogens is 1. The zero-order valence-corrected chi connectivity index (χ0v) is 12.0. The number of aromatic amines is 1. The van der Waals surface area contributed by atoms with Crippen molar-refractivity contribution in [2.75, 3.05) is 31.6 Å². The molecule has 0 saturated carbocycles. The quantitative estimate of drug-likeness (QED) is 0.627. The Morgan fingerprint density at radius 2 is 2.19 bits per heavy atom. The fourth-order valence-corrected chi connectivity index (χ4v) is 2.38. The minimum Gasteiger partial charge on any atom is -0.378 e. The second-order valence-corrected chi connectivity index (χ2v) is 5.10. The number of aryl methyl sites for hydroxylation is 1.